The third kappa shape index (κ3) is 2.93. The molecule has 136 valence electrons. The van der Waals surface area contributed by atoms with Crippen LogP contribution in [0.4, 0.5) is 0 Å². The summed E-state index contributed by atoms with van der Waals surface area (Å²) in [6, 6.07) is 0.564. The molecular formula is C17H24ClN5O2. The molecule has 0 N–H and O–H groups in total. The first kappa shape index (κ1) is 16.8. The highest BCUT2D eigenvalue weighted by molar-refractivity contribution is 6.28. The lowest BCUT2D eigenvalue weighted by molar-refractivity contribution is 0.194. The second kappa shape index (κ2) is 6.61. The van der Waals surface area contributed by atoms with E-state index in [1.807, 2.05) is 0 Å². The van der Waals surface area contributed by atoms with Crippen molar-refractivity contribution >= 4 is 22.8 Å². The number of imidazole rings is 1. The minimum atomic E-state index is -0.0682. The van der Waals surface area contributed by atoms with Gasteiger partial charge in [0.05, 0.1) is 0 Å². The topological polar surface area (TPSA) is 65.2 Å². The summed E-state index contributed by atoms with van der Waals surface area (Å²) in [6.07, 6.45) is 6.59. The zero-order chi connectivity index (χ0) is 17.6. The Labute approximate surface area is 151 Å². The zero-order valence-corrected chi connectivity index (χ0v) is 15.5. The molecule has 0 aromatic carbocycles. The number of likely N-dealkylation sites (N-methyl/N-ethyl adjacent to an activating group) is 1. The summed E-state index contributed by atoms with van der Waals surface area (Å²) >= 11 is 6.15. The number of rotatable bonds is 4. The fraction of sp³-hybridized carbons (Fsp3) is 0.706. The third-order valence-corrected chi connectivity index (χ3v) is 5.81. The van der Waals surface area contributed by atoms with Crippen molar-refractivity contribution in [2.45, 2.75) is 50.6 Å². The van der Waals surface area contributed by atoms with Crippen LogP contribution in [-0.4, -0.2) is 50.2 Å². The molecule has 2 aromatic rings. The SMILES string of the molecule is CN1CCC[C@H]1COc1nc(Cl)nc2c1n(C)c(=O)n2C1CCCC1. The van der Waals surface area contributed by atoms with Crippen LogP contribution in [0.15, 0.2) is 4.79 Å². The molecule has 2 aliphatic rings. The van der Waals surface area contributed by atoms with E-state index in [1.54, 1.807) is 16.2 Å². The fourth-order valence-electron chi connectivity index (χ4n) is 4.16. The Morgan fingerprint density at radius 2 is 1.92 bits per heavy atom. The normalized spacial score (nSPS) is 22.3. The van der Waals surface area contributed by atoms with Crippen LogP contribution >= 0.6 is 11.6 Å². The van der Waals surface area contributed by atoms with Gasteiger partial charge in [-0.15, -0.1) is 0 Å². The molecule has 1 saturated heterocycles. The maximum absolute atomic E-state index is 12.8. The molecule has 1 aliphatic heterocycles. The van der Waals surface area contributed by atoms with Crippen LogP contribution in [0.5, 0.6) is 5.88 Å². The predicted molar refractivity (Wildman–Crippen MR) is 96.4 cm³/mol. The maximum atomic E-state index is 12.8. The van der Waals surface area contributed by atoms with Crippen molar-refractivity contribution in [1.29, 1.82) is 0 Å². The first-order valence-corrected chi connectivity index (χ1v) is 9.41. The molecule has 2 fully saturated rings. The Morgan fingerprint density at radius 1 is 1.16 bits per heavy atom. The van der Waals surface area contributed by atoms with Crippen molar-refractivity contribution in [3.8, 4) is 5.88 Å². The van der Waals surface area contributed by atoms with Crippen molar-refractivity contribution in [2.75, 3.05) is 20.2 Å². The van der Waals surface area contributed by atoms with E-state index in [2.05, 4.69) is 21.9 Å². The van der Waals surface area contributed by atoms with E-state index in [0.29, 0.717) is 29.7 Å². The summed E-state index contributed by atoms with van der Waals surface area (Å²) in [5.41, 5.74) is 1.16. The summed E-state index contributed by atoms with van der Waals surface area (Å²) in [7, 11) is 3.86. The predicted octanol–water partition coefficient (Wildman–Crippen LogP) is 2.37. The molecule has 0 radical (unpaired) electrons. The van der Waals surface area contributed by atoms with Crippen LogP contribution in [0.3, 0.4) is 0 Å². The number of hydrogen-bond donors (Lipinski definition) is 0. The van der Waals surface area contributed by atoms with Gasteiger partial charge in [-0.3, -0.25) is 9.13 Å². The molecule has 25 heavy (non-hydrogen) atoms. The molecule has 1 aliphatic carbocycles. The Hall–Kier alpha value is -1.60. The standard InChI is InChI=1S/C17H24ClN5O2/c1-21-9-5-8-12(21)10-25-15-13-14(19-16(18)20-15)23(17(24)22(13)2)11-6-3-4-7-11/h11-12H,3-10H2,1-2H3/t12-/m0/s1. The van der Waals surface area contributed by atoms with E-state index in [-0.39, 0.29) is 17.0 Å². The van der Waals surface area contributed by atoms with Gasteiger partial charge in [-0.2, -0.15) is 9.97 Å². The third-order valence-electron chi connectivity index (χ3n) is 5.64. The Kier molecular flexibility index (Phi) is 4.45. The maximum Gasteiger partial charge on any atom is 0.330 e. The van der Waals surface area contributed by atoms with E-state index in [1.165, 1.54) is 6.42 Å². The molecule has 0 unspecified atom stereocenters. The second-order valence-corrected chi connectivity index (χ2v) is 7.55. The first-order chi connectivity index (χ1) is 12.1. The number of ether oxygens (including phenoxy) is 1. The summed E-state index contributed by atoms with van der Waals surface area (Å²) in [5.74, 6) is 0.409. The lowest BCUT2D eigenvalue weighted by Crippen LogP contribution is -2.30. The highest BCUT2D eigenvalue weighted by Crippen LogP contribution is 2.33. The minimum Gasteiger partial charge on any atom is -0.474 e. The second-order valence-electron chi connectivity index (χ2n) is 7.21. The molecule has 1 atom stereocenters. The molecule has 4 rings (SSSR count). The van der Waals surface area contributed by atoms with Crippen LogP contribution < -0.4 is 10.4 Å². The summed E-state index contributed by atoms with van der Waals surface area (Å²) in [5, 5.41) is 0.125. The number of nitrogens with zero attached hydrogens (tertiary/aromatic N) is 5. The molecule has 2 aromatic heterocycles. The lowest BCUT2D eigenvalue weighted by Gasteiger charge is -2.19. The highest BCUT2D eigenvalue weighted by atomic mass is 35.5. The quantitative estimate of drug-likeness (QED) is 0.778. The molecule has 0 amide bonds. The summed E-state index contributed by atoms with van der Waals surface area (Å²) < 4.78 is 9.39. The van der Waals surface area contributed by atoms with Gasteiger partial charge < -0.3 is 9.64 Å². The molecular weight excluding hydrogens is 342 g/mol. The molecule has 0 spiro atoms. The van der Waals surface area contributed by atoms with Gasteiger partial charge in [-0.25, -0.2) is 4.79 Å². The number of aryl methyl sites for hydroxylation is 1. The first-order valence-electron chi connectivity index (χ1n) is 9.03. The van der Waals surface area contributed by atoms with Crippen LogP contribution in [-0.2, 0) is 7.05 Å². The molecule has 8 heteroatoms. The smallest absolute Gasteiger partial charge is 0.330 e. The summed E-state index contributed by atoms with van der Waals surface area (Å²) in [6.45, 7) is 1.63. The van der Waals surface area contributed by atoms with Gasteiger partial charge >= 0.3 is 5.69 Å². The minimum absolute atomic E-state index is 0.0682. The average molecular weight is 366 g/mol. The van der Waals surface area contributed by atoms with E-state index in [0.717, 1.165) is 38.6 Å². The van der Waals surface area contributed by atoms with Crippen molar-refractivity contribution in [2.24, 2.45) is 7.05 Å². The zero-order valence-electron chi connectivity index (χ0n) is 14.7. The summed E-state index contributed by atoms with van der Waals surface area (Å²) in [4.78, 5) is 23.7. The Balaban J connectivity index is 1.74. The van der Waals surface area contributed by atoms with E-state index in [9.17, 15) is 4.79 Å². The van der Waals surface area contributed by atoms with Gasteiger partial charge in [0, 0.05) is 19.1 Å². The van der Waals surface area contributed by atoms with Crippen LogP contribution in [0.2, 0.25) is 5.28 Å². The fourth-order valence-corrected chi connectivity index (χ4v) is 4.32. The van der Waals surface area contributed by atoms with Crippen LogP contribution in [0, 0.1) is 0 Å². The number of fused-ring (bicyclic) bond motifs is 1. The number of hydrogen-bond acceptors (Lipinski definition) is 5. The largest absolute Gasteiger partial charge is 0.474 e. The number of aromatic nitrogens is 4. The van der Waals surface area contributed by atoms with Crippen LogP contribution in [0.1, 0.15) is 44.6 Å². The van der Waals surface area contributed by atoms with Crippen molar-refractivity contribution in [3.63, 3.8) is 0 Å². The van der Waals surface area contributed by atoms with E-state index >= 15 is 0 Å². The van der Waals surface area contributed by atoms with Gasteiger partial charge in [-0.05, 0) is 50.9 Å². The molecule has 1 saturated carbocycles. The van der Waals surface area contributed by atoms with Gasteiger partial charge in [-0.1, -0.05) is 12.8 Å². The van der Waals surface area contributed by atoms with Crippen molar-refractivity contribution in [3.05, 3.63) is 15.8 Å². The number of likely N-dealkylation sites (tertiary alicyclic amines) is 1. The van der Waals surface area contributed by atoms with E-state index < -0.39 is 0 Å². The monoisotopic (exact) mass is 365 g/mol. The van der Waals surface area contributed by atoms with Gasteiger partial charge in [0.25, 0.3) is 0 Å². The van der Waals surface area contributed by atoms with Crippen molar-refractivity contribution < 1.29 is 4.74 Å². The molecule has 7 nitrogen and oxygen atoms in total. The Morgan fingerprint density at radius 3 is 2.60 bits per heavy atom. The van der Waals surface area contributed by atoms with E-state index in [4.69, 9.17) is 16.3 Å². The van der Waals surface area contributed by atoms with Gasteiger partial charge in [0.1, 0.15) is 6.61 Å². The Bertz CT molecular complexity index is 840. The molecule has 0 bridgehead atoms. The van der Waals surface area contributed by atoms with Crippen molar-refractivity contribution in [1.82, 2.24) is 24.0 Å². The average Bonchev–Trinajstić information content (AvgIpc) is 3.28. The van der Waals surface area contributed by atoms with Crippen LogP contribution in [0.25, 0.3) is 11.2 Å². The highest BCUT2D eigenvalue weighted by Gasteiger charge is 2.27. The number of halogens is 1. The lowest BCUT2D eigenvalue weighted by atomic mass is 10.2. The van der Waals surface area contributed by atoms with Gasteiger partial charge in [0.15, 0.2) is 11.2 Å². The molecule has 3 heterocycles. The van der Waals surface area contributed by atoms with Gasteiger partial charge in [0.2, 0.25) is 11.2 Å².